The Hall–Kier alpha value is -1.88. The molecule has 5 nitrogen and oxygen atoms in total. The van der Waals surface area contributed by atoms with Crippen molar-refractivity contribution >= 4 is 11.8 Å². The third-order valence-electron chi connectivity index (χ3n) is 2.12. The minimum absolute atomic E-state index is 0.313. The maximum atomic E-state index is 11.6. The van der Waals surface area contributed by atoms with Crippen LogP contribution in [0.25, 0.3) is 0 Å². The van der Waals surface area contributed by atoms with E-state index in [9.17, 15) is 9.59 Å². The fourth-order valence-corrected chi connectivity index (χ4v) is 1.29. The van der Waals surface area contributed by atoms with E-state index in [0.29, 0.717) is 6.54 Å². The number of ether oxygens (including phenoxy) is 1. The summed E-state index contributed by atoms with van der Waals surface area (Å²) in [6.45, 7) is 1.73. The Kier molecular flexibility index (Phi) is 5.16. The lowest BCUT2D eigenvalue weighted by molar-refractivity contribution is -0.138. The fraction of sp³-hybridized carbons (Fsp3) is 0.333. The summed E-state index contributed by atoms with van der Waals surface area (Å²) in [7, 11) is 1.36. The summed E-state index contributed by atoms with van der Waals surface area (Å²) in [5.74, 6) is -0.682. The van der Waals surface area contributed by atoms with E-state index in [4.69, 9.17) is 4.74 Å². The second kappa shape index (κ2) is 6.65. The number of amides is 2. The highest BCUT2D eigenvalue weighted by Gasteiger charge is 2.17. The zero-order valence-corrected chi connectivity index (χ0v) is 9.90. The quantitative estimate of drug-likeness (QED) is 0.728. The van der Waals surface area contributed by atoms with E-state index in [2.05, 4.69) is 10.6 Å². The first-order valence-electron chi connectivity index (χ1n) is 5.25. The molecule has 0 aliphatic rings. The maximum absolute atomic E-state index is 11.6. The molecule has 0 spiro atoms. The molecule has 17 heavy (non-hydrogen) atoms. The van der Waals surface area contributed by atoms with Crippen LogP contribution in [0.1, 0.15) is 12.5 Å². The van der Waals surface area contributed by atoms with Gasteiger partial charge < -0.3 is 15.4 Å². The van der Waals surface area contributed by atoms with Crippen LogP contribution in [0.5, 0.6) is 0 Å². The highest BCUT2D eigenvalue weighted by atomic mass is 16.5. The molecule has 0 radical (unpaired) electrons. The molecule has 1 atom stereocenters. The summed E-state index contributed by atoms with van der Waals surface area (Å²) in [4.78, 5) is 22.5. The number of hydrogen-bond donors (Lipinski definition) is 2. The molecule has 1 rings (SSSR count). The Balaban J connectivity index is 2.45. The van der Waals surface area contributed by atoms with Crippen LogP contribution in [-0.2, 0) is 20.9 Å². The van der Waals surface area contributed by atoms with Gasteiger partial charge in [0.05, 0.1) is 0 Å². The van der Waals surface area contributed by atoms with Gasteiger partial charge in [0.2, 0.25) is 12.1 Å². The molecular weight excluding hydrogens is 220 g/mol. The molecule has 0 bridgehead atoms. The molecule has 5 heteroatoms. The van der Waals surface area contributed by atoms with Crippen LogP contribution in [0.4, 0.5) is 0 Å². The van der Waals surface area contributed by atoms with Crippen LogP contribution in [0, 0.1) is 0 Å². The van der Waals surface area contributed by atoms with Crippen molar-refractivity contribution < 1.29 is 14.3 Å². The van der Waals surface area contributed by atoms with Gasteiger partial charge in [-0.1, -0.05) is 30.3 Å². The number of nitrogens with one attached hydrogen (secondary N) is 2. The van der Waals surface area contributed by atoms with Gasteiger partial charge in [0.15, 0.2) is 0 Å². The standard InChI is InChI=1S/C12H16N2O3/c1-9(15)14-12(17-2)11(16)13-8-10-6-4-3-5-7-10/h3-7,12H,8H2,1-2H3,(H,13,16)(H,14,15). The van der Waals surface area contributed by atoms with E-state index in [0.717, 1.165) is 5.56 Å². The Morgan fingerprint density at radius 2 is 1.94 bits per heavy atom. The molecule has 2 N–H and O–H groups in total. The summed E-state index contributed by atoms with van der Waals surface area (Å²) >= 11 is 0. The van der Waals surface area contributed by atoms with Gasteiger partial charge in [0, 0.05) is 20.6 Å². The zero-order valence-electron chi connectivity index (χ0n) is 9.90. The Morgan fingerprint density at radius 3 is 2.47 bits per heavy atom. The van der Waals surface area contributed by atoms with Gasteiger partial charge in [-0.2, -0.15) is 0 Å². The van der Waals surface area contributed by atoms with Crippen LogP contribution < -0.4 is 10.6 Å². The first kappa shape index (κ1) is 13.2. The summed E-state index contributed by atoms with van der Waals surface area (Å²) in [6, 6.07) is 9.49. The third-order valence-corrected chi connectivity index (χ3v) is 2.12. The molecule has 0 heterocycles. The second-order valence-corrected chi connectivity index (χ2v) is 3.52. The van der Waals surface area contributed by atoms with Gasteiger partial charge in [-0.05, 0) is 5.56 Å². The first-order chi connectivity index (χ1) is 8.13. The summed E-state index contributed by atoms with van der Waals surface area (Å²) in [5.41, 5.74) is 0.985. The van der Waals surface area contributed by atoms with Crippen LogP contribution >= 0.6 is 0 Å². The lowest BCUT2D eigenvalue weighted by atomic mass is 10.2. The highest BCUT2D eigenvalue weighted by molar-refractivity contribution is 5.85. The monoisotopic (exact) mass is 236 g/mol. The number of carbonyl (C=O) groups excluding carboxylic acids is 2. The SMILES string of the molecule is COC(NC(C)=O)C(=O)NCc1ccccc1. The van der Waals surface area contributed by atoms with Crippen molar-refractivity contribution in [2.24, 2.45) is 0 Å². The molecule has 1 aromatic rings. The van der Waals surface area contributed by atoms with Crippen LogP contribution in [0.2, 0.25) is 0 Å². The van der Waals surface area contributed by atoms with E-state index >= 15 is 0 Å². The molecule has 0 aliphatic heterocycles. The first-order valence-corrected chi connectivity index (χ1v) is 5.25. The molecule has 0 fully saturated rings. The third kappa shape index (κ3) is 4.65. The van der Waals surface area contributed by atoms with E-state index in [1.165, 1.54) is 14.0 Å². The van der Waals surface area contributed by atoms with E-state index < -0.39 is 6.23 Å². The molecule has 0 saturated carbocycles. The molecule has 0 aromatic heterocycles. The fourth-order valence-electron chi connectivity index (χ4n) is 1.29. The van der Waals surface area contributed by atoms with Gasteiger partial charge in [-0.25, -0.2) is 0 Å². The van der Waals surface area contributed by atoms with Gasteiger partial charge >= 0.3 is 0 Å². The molecule has 0 saturated heterocycles. The smallest absolute Gasteiger partial charge is 0.270 e. The Bertz CT molecular complexity index is 379. The van der Waals surface area contributed by atoms with Crippen LogP contribution in [-0.4, -0.2) is 25.2 Å². The lowest BCUT2D eigenvalue weighted by Crippen LogP contribution is -2.46. The molecule has 2 amide bonds. The highest BCUT2D eigenvalue weighted by Crippen LogP contribution is 1.97. The van der Waals surface area contributed by atoms with Crippen molar-refractivity contribution in [1.29, 1.82) is 0 Å². The van der Waals surface area contributed by atoms with E-state index in [-0.39, 0.29) is 11.8 Å². The second-order valence-electron chi connectivity index (χ2n) is 3.52. The Morgan fingerprint density at radius 1 is 1.29 bits per heavy atom. The van der Waals surface area contributed by atoms with Gasteiger partial charge in [-0.3, -0.25) is 9.59 Å². The van der Waals surface area contributed by atoms with Crippen molar-refractivity contribution in [3.05, 3.63) is 35.9 Å². The van der Waals surface area contributed by atoms with Crippen molar-refractivity contribution in [3.8, 4) is 0 Å². The van der Waals surface area contributed by atoms with E-state index in [1.807, 2.05) is 30.3 Å². The molecule has 1 unspecified atom stereocenters. The van der Waals surface area contributed by atoms with Crippen molar-refractivity contribution in [1.82, 2.24) is 10.6 Å². The van der Waals surface area contributed by atoms with Gasteiger partial charge in [0.1, 0.15) is 0 Å². The average molecular weight is 236 g/mol. The van der Waals surface area contributed by atoms with Crippen LogP contribution in [0.15, 0.2) is 30.3 Å². The topological polar surface area (TPSA) is 67.4 Å². The van der Waals surface area contributed by atoms with Crippen molar-refractivity contribution in [2.75, 3.05) is 7.11 Å². The number of rotatable bonds is 5. The van der Waals surface area contributed by atoms with E-state index in [1.54, 1.807) is 0 Å². The lowest BCUT2D eigenvalue weighted by Gasteiger charge is -2.15. The number of benzene rings is 1. The van der Waals surface area contributed by atoms with Gasteiger partial charge in [-0.15, -0.1) is 0 Å². The van der Waals surface area contributed by atoms with Crippen molar-refractivity contribution in [3.63, 3.8) is 0 Å². The number of carbonyl (C=O) groups is 2. The summed E-state index contributed by atoms with van der Waals surface area (Å²) in [6.07, 6.45) is -0.948. The van der Waals surface area contributed by atoms with Crippen LogP contribution in [0.3, 0.4) is 0 Å². The van der Waals surface area contributed by atoms with Gasteiger partial charge in [0.25, 0.3) is 5.91 Å². The number of hydrogen-bond acceptors (Lipinski definition) is 3. The predicted octanol–water partition coefficient (Wildman–Crippen LogP) is 0.411. The normalized spacial score (nSPS) is 11.6. The summed E-state index contributed by atoms with van der Waals surface area (Å²) in [5, 5.41) is 5.07. The predicted molar refractivity (Wildman–Crippen MR) is 62.9 cm³/mol. The van der Waals surface area contributed by atoms with Crippen molar-refractivity contribution in [2.45, 2.75) is 19.7 Å². The maximum Gasteiger partial charge on any atom is 0.270 e. The molecule has 0 aliphatic carbocycles. The summed E-state index contributed by atoms with van der Waals surface area (Å²) < 4.78 is 4.87. The average Bonchev–Trinajstić information content (AvgIpc) is 2.34. The Labute approximate surface area is 100 Å². The minimum Gasteiger partial charge on any atom is -0.353 e. The largest absolute Gasteiger partial charge is 0.353 e. The number of methoxy groups -OCH3 is 1. The molecule has 92 valence electrons. The minimum atomic E-state index is -0.948. The molecular formula is C12H16N2O3. The molecule has 1 aromatic carbocycles. The zero-order chi connectivity index (χ0) is 12.7.